The SMILES string of the molecule is C/C(C=O)=C\C(C)C1OCCc2cc(F)ccc21. The van der Waals surface area contributed by atoms with Crippen LogP contribution < -0.4 is 0 Å². The summed E-state index contributed by atoms with van der Waals surface area (Å²) >= 11 is 0. The predicted octanol–water partition coefficient (Wildman–Crippen LogP) is 3.22. The molecule has 1 aliphatic heterocycles. The number of hydrogen-bond acceptors (Lipinski definition) is 2. The minimum Gasteiger partial charge on any atom is -0.373 e. The number of hydrogen-bond donors (Lipinski definition) is 0. The quantitative estimate of drug-likeness (QED) is 0.606. The van der Waals surface area contributed by atoms with Gasteiger partial charge in [-0.2, -0.15) is 0 Å². The minimum absolute atomic E-state index is 0.0933. The Bertz CT molecular complexity index is 479. The monoisotopic (exact) mass is 248 g/mol. The molecule has 2 rings (SSSR count). The van der Waals surface area contributed by atoms with E-state index in [-0.39, 0.29) is 17.8 Å². The molecular formula is C15H17FO2. The van der Waals surface area contributed by atoms with Crippen molar-refractivity contribution in [2.75, 3.05) is 6.61 Å². The molecule has 0 aromatic heterocycles. The lowest BCUT2D eigenvalue weighted by molar-refractivity contribution is -0.104. The molecular weight excluding hydrogens is 231 g/mol. The highest BCUT2D eigenvalue weighted by atomic mass is 19.1. The summed E-state index contributed by atoms with van der Waals surface area (Å²) in [5.41, 5.74) is 2.74. The number of benzene rings is 1. The van der Waals surface area contributed by atoms with E-state index in [9.17, 15) is 9.18 Å². The summed E-state index contributed by atoms with van der Waals surface area (Å²) in [4.78, 5) is 10.7. The fraction of sp³-hybridized carbons (Fsp3) is 0.400. The molecule has 2 atom stereocenters. The number of aldehydes is 1. The van der Waals surface area contributed by atoms with Crippen molar-refractivity contribution in [3.63, 3.8) is 0 Å². The van der Waals surface area contributed by atoms with Gasteiger partial charge in [-0.05, 0) is 42.2 Å². The van der Waals surface area contributed by atoms with Crippen molar-refractivity contribution < 1.29 is 13.9 Å². The average Bonchev–Trinajstić information content (AvgIpc) is 2.37. The van der Waals surface area contributed by atoms with Gasteiger partial charge in [0.2, 0.25) is 0 Å². The molecule has 0 saturated carbocycles. The second-order valence-electron chi connectivity index (χ2n) is 4.77. The van der Waals surface area contributed by atoms with Crippen LogP contribution in [0.4, 0.5) is 4.39 Å². The van der Waals surface area contributed by atoms with Gasteiger partial charge in [-0.15, -0.1) is 0 Å². The zero-order valence-corrected chi connectivity index (χ0v) is 10.7. The van der Waals surface area contributed by atoms with Gasteiger partial charge < -0.3 is 4.74 Å². The van der Waals surface area contributed by atoms with Crippen molar-refractivity contribution in [3.05, 3.63) is 46.8 Å². The van der Waals surface area contributed by atoms with Crippen LogP contribution in [-0.4, -0.2) is 12.9 Å². The molecule has 0 spiro atoms. The number of fused-ring (bicyclic) bond motifs is 1. The highest BCUT2D eigenvalue weighted by Gasteiger charge is 2.25. The van der Waals surface area contributed by atoms with Gasteiger partial charge in [-0.3, -0.25) is 4.79 Å². The topological polar surface area (TPSA) is 26.3 Å². The van der Waals surface area contributed by atoms with E-state index in [1.54, 1.807) is 19.1 Å². The van der Waals surface area contributed by atoms with Gasteiger partial charge >= 0.3 is 0 Å². The third-order valence-electron chi connectivity index (χ3n) is 3.27. The Labute approximate surface area is 106 Å². The van der Waals surface area contributed by atoms with Gasteiger partial charge in [-0.25, -0.2) is 4.39 Å². The summed E-state index contributed by atoms with van der Waals surface area (Å²) in [5.74, 6) is -0.110. The molecule has 0 saturated heterocycles. The summed E-state index contributed by atoms with van der Waals surface area (Å²) in [5, 5.41) is 0. The largest absolute Gasteiger partial charge is 0.373 e. The normalized spacial score (nSPS) is 21.3. The van der Waals surface area contributed by atoms with Crippen LogP contribution in [0, 0.1) is 11.7 Å². The van der Waals surface area contributed by atoms with Gasteiger partial charge in [0, 0.05) is 5.92 Å². The lowest BCUT2D eigenvalue weighted by atomic mass is 9.89. The Morgan fingerprint density at radius 3 is 3.06 bits per heavy atom. The van der Waals surface area contributed by atoms with E-state index < -0.39 is 0 Å². The van der Waals surface area contributed by atoms with Crippen LogP contribution in [0.2, 0.25) is 0 Å². The second kappa shape index (κ2) is 5.44. The van der Waals surface area contributed by atoms with Gasteiger partial charge in [-0.1, -0.05) is 19.1 Å². The van der Waals surface area contributed by atoms with Crippen LogP contribution in [0.15, 0.2) is 29.8 Å². The standard InChI is InChI=1S/C15H17FO2/c1-10(9-17)7-11(2)15-14-4-3-13(16)8-12(14)5-6-18-15/h3-4,7-9,11,15H,5-6H2,1-2H3/b10-7+. The third kappa shape index (κ3) is 2.67. The molecule has 0 bridgehead atoms. The molecule has 1 aromatic carbocycles. The molecule has 1 aromatic rings. The molecule has 0 N–H and O–H groups in total. The molecule has 2 unspecified atom stereocenters. The van der Waals surface area contributed by atoms with Crippen LogP contribution in [0.25, 0.3) is 0 Å². The first-order chi connectivity index (χ1) is 8.61. The third-order valence-corrected chi connectivity index (χ3v) is 3.27. The number of ether oxygens (including phenoxy) is 1. The summed E-state index contributed by atoms with van der Waals surface area (Å²) in [7, 11) is 0. The molecule has 1 heterocycles. The lowest BCUT2D eigenvalue weighted by Gasteiger charge is -2.29. The number of rotatable bonds is 3. The zero-order chi connectivity index (χ0) is 13.1. The molecule has 18 heavy (non-hydrogen) atoms. The summed E-state index contributed by atoms with van der Waals surface area (Å²) in [6.07, 6.45) is 3.39. The number of carbonyl (C=O) groups excluding carboxylic acids is 1. The first kappa shape index (κ1) is 13.0. The zero-order valence-electron chi connectivity index (χ0n) is 10.7. The smallest absolute Gasteiger partial charge is 0.145 e. The van der Waals surface area contributed by atoms with Crippen molar-refractivity contribution in [1.82, 2.24) is 0 Å². The Kier molecular flexibility index (Phi) is 3.92. The average molecular weight is 248 g/mol. The Hall–Kier alpha value is -1.48. The van der Waals surface area contributed by atoms with Crippen LogP contribution in [0.5, 0.6) is 0 Å². The molecule has 0 radical (unpaired) electrons. The van der Waals surface area contributed by atoms with Crippen molar-refractivity contribution in [2.45, 2.75) is 26.4 Å². The Balaban J connectivity index is 2.30. The van der Waals surface area contributed by atoms with Gasteiger partial charge in [0.1, 0.15) is 12.1 Å². The number of halogens is 1. The maximum absolute atomic E-state index is 13.2. The van der Waals surface area contributed by atoms with Crippen molar-refractivity contribution >= 4 is 6.29 Å². The highest BCUT2D eigenvalue weighted by Crippen LogP contribution is 2.34. The van der Waals surface area contributed by atoms with E-state index in [4.69, 9.17) is 4.74 Å². The van der Waals surface area contributed by atoms with Crippen LogP contribution in [0.1, 0.15) is 31.1 Å². The van der Waals surface area contributed by atoms with Crippen LogP contribution >= 0.6 is 0 Å². The Morgan fingerprint density at radius 1 is 1.56 bits per heavy atom. The maximum Gasteiger partial charge on any atom is 0.145 e. The first-order valence-corrected chi connectivity index (χ1v) is 6.15. The van der Waals surface area contributed by atoms with Gasteiger partial charge in [0.25, 0.3) is 0 Å². The lowest BCUT2D eigenvalue weighted by Crippen LogP contribution is -2.21. The molecule has 1 aliphatic rings. The first-order valence-electron chi connectivity index (χ1n) is 6.15. The number of allylic oxidation sites excluding steroid dienone is 1. The van der Waals surface area contributed by atoms with Crippen molar-refractivity contribution in [3.8, 4) is 0 Å². The van der Waals surface area contributed by atoms with E-state index in [1.807, 2.05) is 13.0 Å². The maximum atomic E-state index is 13.2. The van der Waals surface area contributed by atoms with E-state index in [0.29, 0.717) is 12.2 Å². The fourth-order valence-electron chi connectivity index (χ4n) is 2.43. The second-order valence-corrected chi connectivity index (χ2v) is 4.77. The van der Waals surface area contributed by atoms with Crippen molar-refractivity contribution in [2.24, 2.45) is 5.92 Å². The van der Waals surface area contributed by atoms with Crippen LogP contribution in [0.3, 0.4) is 0 Å². The summed E-state index contributed by atoms with van der Waals surface area (Å²) < 4.78 is 19.0. The molecule has 2 nitrogen and oxygen atoms in total. The molecule has 0 aliphatic carbocycles. The number of carbonyl (C=O) groups is 1. The van der Waals surface area contributed by atoms with Gasteiger partial charge in [0.15, 0.2) is 0 Å². The highest BCUT2D eigenvalue weighted by molar-refractivity contribution is 5.72. The molecule has 0 amide bonds. The minimum atomic E-state index is -0.207. The van der Waals surface area contributed by atoms with Crippen LogP contribution in [-0.2, 0) is 16.0 Å². The summed E-state index contributed by atoms with van der Waals surface area (Å²) in [6.45, 7) is 4.38. The van der Waals surface area contributed by atoms with Gasteiger partial charge in [0.05, 0.1) is 12.7 Å². The molecule has 0 fully saturated rings. The summed E-state index contributed by atoms with van der Waals surface area (Å²) in [6, 6.07) is 4.83. The van der Waals surface area contributed by atoms with E-state index in [2.05, 4.69) is 0 Å². The molecule has 3 heteroatoms. The van der Waals surface area contributed by atoms with E-state index >= 15 is 0 Å². The van der Waals surface area contributed by atoms with Crippen molar-refractivity contribution in [1.29, 1.82) is 0 Å². The van der Waals surface area contributed by atoms with E-state index in [1.165, 1.54) is 6.07 Å². The Morgan fingerprint density at radius 2 is 2.33 bits per heavy atom. The predicted molar refractivity (Wildman–Crippen MR) is 67.8 cm³/mol. The fourth-order valence-corrected chi connectivity index (χ4v) is 2.43. The van der Waals surface area contributed by atoms with E-state index in [0.717, 1.165) is 23.8 Å². The molecule has 96 valence electrons.